The van der Waals surface area contributed by atoms with E-state index in [2.05, 4.69) is 10.6 Å². The lowest BCUT2D eigenvalue weighted by Crippen LogP contribution is -2.41. The number of carbonyl (C=O) groups excluding carboxylic acids is 4. The number of esters is 1. The lowest BCUT2D eigenvalue weighted by molar-refractivity contribution is -0.125. The van der Waals surface area contributed by atoms with E-state index < -0.39 is 17.5 Å². The molecule has 3 amide bonds. The van der Waals surface area contributed by atoms with E-state index in [9.17, 15) is 19.2 Å². The SMILES string of the molecule is Cc1cc(N2CCOCC2=O)ccc1C(=O)Nc1c(CNC(=O)c2ccc(Cl)s2)cccc1C(=O)OC(C)(C)C. The van der Waals surface area contributed by atoms with Gasteiger partial charge in [0, 0.05) is 24.3 Å². The number of hydrogen-bond donors (Lipinski definition) is 2. The van der Waals surface area contributed by atoms with Crippen molar-refractivity contribution in [2.75, 3.05) is 30.0 Å². The van der Waals surface area contributed by atoms with Gasteiger partial charge in [-0.2, -0.15) is 0 Å². The van der Waals surface area contributed by atoms with Gasteiger partial charge in [-0.05, 0) is 75.2 Å². The summed E-state index contributed by atoms with van der Waals surface area (Å²) in [5.74, 6) is -1.54. The molecule has 2 N–H and O–H groups in total. The molecule has 0 bridgehead atoms. The van der Waals surface area contributed by atoms with Gasteiger partial charge in [0.1, 0.15) is 12.2 Å². The van der Waals surface area contributed by atoms with Crippen LogP contribution in [0.15, 0.2) is 48.5 Å². The highest BCUT2D eigenvalue weighted by atomic mass is 35.5. The number of nitrogens with zero attached hydrogens (tertiary/aromatic N) is 1. The molecule has 210 valence electrons. The number of amides is 3. The highest BCUT2D eigenvalue weighted by molar-refractivity contribution is 7.18. The van der Waals surface area contributed by atoms with Crippen molar-refractivity contribution in [2.45, 2.75) is 39.8 Å². The van der Waals surface area contributed by atoms with E-state index in [1.54, 1.807) is 81.1 Å². The predicted octanol–water partition coefficient (Wildman–Crippen LogP) is 5.21. The summed E-state index contributed by atoms with van der Waals surface area (Å²) in [7, 11) is 0. The van der Waals surface area contributed by atoms with Crippen molar-refractivity contribution in [3.05, 3.63) is 80.0 Å². The molecule has 9 nitrogen and oxygen atoms in total. The molecule has 1 aliphatic rings. The lowest BCUT2D eigenvalue weighted by atomic mass is 10.0. The number of hydrogen-bond acceptors (Lipinski definition) is 7. The van der Waals surface area contributed by atoms with Gasteiger partial charge in [-0.25, -0.2) is 4.79 Å². The fourth-order valence-corrected chi connectivity index (χ4v) is 5.10. The summed E-state index contributed by atoms with van der Waals surface area (Å²) in [6, 6.07) is 13.3. The maximum Gasteiger partial charge on any atom is 0.340 e. The molecule has 1 fully saturated rings. The number of ether oxygens (including phenoxy) is 2. The highest BCUT2D eigenvalue weighted by Crippen LogP contribution is 2.27. The minimum atomic E-state index is -0.760. The Morgan fingerprint density at radius 1 is 1.07 bits per heavy atom. The number of carbonyl (C=O) groups is 4. The molecule has 0 atom stereocenters. The Labute approximate surface area is 241 Å². The molecule has 0 unspecified atom stereocenters. The molecule has 1 aliphatic heterocycles. The fourth-order valence-electron chi connectivity index (χ4n) is 4.14. The van der Waals surface area contributed by atoms with Gasteiger partial charge in [-0.3, -0.25) is 14.4 Å². The number of thiophene rings is 1. The number of morpholine rings is 1. The first-order valence-corrected chi connectivity index (χ1v) is 13.8. The van der Waals surface area contributed by atoms with Crippen LogP contribution in [-0.2, 0) is 20.8 Å². The maximum atomic E-state index is 13.5. The smallest absolute Gasteiger partial charge is 0.340 e. The molecule has 11 heteroatoms. The number of anilines is 2. The molecule has 2 heterocycles. The molecule has 3 aromatic rings. The third-order valence-electron chi connectivity index (χ3n) is 6.00. The van der Waals surface area contributed by atoms with Gasteiger partial charge in [0.15, 0.2) is 0 Å². The van der Waals surface area contributed by atoms with Crippen LogP contribution >= 0.6 is 22.9 Å². The summed E-state index contributed by atoms with van der Waals surface area (Å²) in [4.78, 5) is 53.6. The average molecular weight is 584 g/mol. The average Bonchev–Trinajstić information content (AvgIpc) is 3.33. The van der Waals surface area contributed by atoms with Crippen molar-refractivity contribution in [1.29, 1.82) is 0 Å². The van der Waals surface area contributed by atoms with Crippen LogP contribution in [0.2, 0.25) is 4.34 Å². The standard InChI is InChI=1S/C29H30ClN3O6S/c1-17-14-19(33-12-13-38-16-24(33)34)8-9-20(17)26(35)32-25-18(15-31-27(36)22-10-11-23(30)40-22)6-5-7-21(25)28(37)39-29(2,3)4/h5-11,14H,12-13,15-16H2,1-4H3,(H,31,36)(H,32,35). The van der Waals surface area contributed by atoms with E-state index in [1.807, 2.05) is 0 Å². The van der Waals surface area contributed by atoms with Crippen LogP contribution < -0.4 is 15.5 Å². The molecular formula is C29H30ClN3O6S. The van der Waals surface area contributed by atoms with Crippen LogP contribution in [0.25, 0.3) is 0 Å². The number of halogens is 1. The lowest BCUT2D eigenvalue weighted by Gasteiger charge is -2.27. The van der Waals surface area contributed by atoms with Gasteiger partial charge in [-0.15, -0.1) is 11.3 Å². The van der Waals surface area contributed by atoms with Crippen LogP contribution in [0.1, 0.15) is 62.3 Å². The summed E-state index contributed by atoms with van der Waals surface area (Å²) in [5, 5.41) is 5.69. The molecule has 0 saturated carbocycles. The quantitative estimate of drug-likeness (QED) is 0.369. The minimum absolute atomic E-state index is 0.0154. The van der Waals surface area contributed by atoms with Gasteiger partial charge < -0.3 is 25.0 Å². The van der Waals surface area contributed by atoms with Crippen molar-refractivity contribution in [1.82, 2.24) is 5.32 Å². The van der Waals surface area contributed by atoms with Gasteiger partial charge >= 0.3 is 5.97 Å². The molecule has 4 rings (SSSR count). The van der Waals surface area contributed by atoms with E-state index >= 15 is 0 Å². The Kier molecular flexibility index (Phi) is 8.92. The summed E-state index contributed by atoms with van der Waals surface area (Å²) < 4.78 is 11.3. The van der Waals surface area contributed by atoms with Gasteiger partial charge in [-0.1, -0.05) is 23.7 Å². The van der Waals surface area contributed by atoms with Crippen molar-refractivity contribution in [3.63, 3.8) is 0 Å². The highest BCUT2D eigenvalue weighted by Gasteiger charge is 2.25. The maximum absolute atomic E-state index is 13.5. The molecular weight excluding hydrogens is 554 g/mol. The number of aryl methyl sites for hydroxylation is 1. The second-order valence-electron chi connectivity index (χ2n) is 10.2. The van der Waals surface area contributed by atoms with Crippen molar-refractivity contribution in [2.24, 2.45) is 0 Å². The normalized spacial score (nSPS) is 13.6. The van der Waals surface area contributed by atoms with E-state index in [0.29, 0.717) is 44.7 Å². The van der Waals surface area contributed by atoms with Crippen LogP contribution in [0.4, 0.5) is 11.4 Å². The van der Waals surface area contributed by atoms with Crippen LogP contribution in [-0.4, -0.2) is 49.1 Å². The van der Waals surface area contributed by atoms with Crippen LogP contribution in [0.5, 0.6) is 0 Å². The van der Waals surface area contributed by atoms with Crippen molar-refractivity contribution >= 4 is 58.0 Å². The first-order valence-electron chi connectivity index (χ1n) is 12.6. The van der Waals surface area contributed by atoms with E-state index in [4.69, 9.17) is 21.1 Å². The predicted molar refractivity (Wildman–Crippen MR) is 154 cm³/mol. The number of para-hydroxylation sites is 1. The monoisotopic (exact) mass is 583 g/mol. The van der Waals surface area contributed by atoms with Gasteiger partial charge in [0.25, 0.3) is 17.7 Å². The largest absolute Gasteiger partial charge is 0.456 e. The Morgan fingerprint density at radius 2 is 1.85 bits per heavy atom. The zero-order valence-electron chi connectivity index (χ0n) is 22.6. The van der Waals surface area contributed by atoms with Crippen molar-refractivity contribution < 1.29 is 28.7 Å². The second kappa shape index (κ2) is 12.2. The fraction of sp³-hybridized carbons (Fsp3) is 0.310. The summed E-state index contributed by atoms with van der Waals surface area (Å²) >= 11 is 7.11. The van der Waals surface area contributed by atoms with Gasteiger partial charge in [0.05, 0.1) is 27.1 Å². The van der Waals surface area contributed by atoms with E-state index in [1.165, 1.54) is 0 Å². The molecule has 0 radical (unpaired) electrons. The topological polar surface area (TPSA) is 114 Å². The molecule has 2 aromatic carbocycles. The Hall–Kier alpha value is -3.73. The first kappa shape index (κ1) is 29.3. The zero-order valence-corrected chi connectivity index (χ0v) is 24.2. The molecule has 1 aromatic heterocycles. The second-order valence-corrected chi connectivity index (χ2v) is 11.9. The third kappa shape index (κ3) is 7.07. The number of nitrogens with one attached hydrogen (secondary N) is 2. The zero-order chi connectivity index (χ0) is 29.0. The number of rotatable bonds is 7. The minimum Gasteiger partial charge on any atom is -0.456 e. The van der Waals surface area contributed by atoms with E-state index in [0.717, 1.165) is 11.3 Å². The van der Waals surface area contributed by atoms with Crippen molar-refractivity contribution in [3.8, 4) is 0 Å². The number of benzene rings is 2. The van der Waals surface area contributed by atoms with Crippen LogP contribution in [0.3, 0.4) is 0 Å². The summed E-state index contributed by atoms with van der Waals surface area (Å²) in [6.45, 7) is 7.96. The molecule has 40 heavy (non-hydrogen) atoms. The Bertz CT molecular complexity index is 1460. The summed E-state index contributed by atoms with van der Waals surface area (Å²) in [6.07, 6.45) is 0. The Morgan fingerprint density at radius 3 is 2.50 bits per heavy atom. The molecule has 0 aliphatic carbocycles. The third-order valence-corrected chi connectivity index (χ3v) is 7.23. The molecule has 0 spiro atoms. The Balaban J connectivity index is 1.62. The first-order chi connectivity index (χ1) is 18.9. The van der Waals surface area contributed by atoms with E-state index in [-0.39, 0.29) is 36.2 Å². The molecule has 1 saturated heterocycles. The summed E-state index contributed by atoms with van der Waals surface area (Å²) in [5.41, 5.74) is 1.83. The van der Waals surface area contributed by atoms with Gasteiger partial charge in [0.2, 0.25) is 0 Å². The van der Waals surface area contributed by atoms with Crippen LogP contribution in [0, 0.1) is 6.92 Å².